The molecule has 0 aliphatic carbocycles. The Morgan fingerprint density at radius 3 is 2.47 bits per heavy atom. The van der Waals surface area contributed by atoms with Gasteiger partial charge >= 0.3 is 0 Å². The molecule has 1 aromatic carbocycles. The molecule has 0 amide bonds. The van der Waals surface area contributed by atoms with Crippen molar-refractivity contribution in [3.05, 3.63) is 29.1 Å². The van der Waals surface area contributed by atoms with Crippen molar-refractivity contribution in [2.45, 2.75) is 24.8 Å². The zero-order valence-corrected chi connectivity index (χ0v) is 11.3. The fourth-order valence-electron chi connectivity index (χ4n) is 1.54. The third-order valence-electron chi connectivity index (χ3n) is 2.41. The van der Waals surface area contributed by atoms with Gasteiger partial charge in [0.05, 0.1) is 11.4 Å². The number of nitrogens with one attached hydrogen (secondary N) is 2. The Labute approximate surface area is 110 Å². The Morgan fingerprint density at radius 2 is 1.95 bits per heavy atom. The molecule has 2 N–H and O–H groups in total. The van der Waals surface area contributed by atoms with E-state index < -0.39 is 28.8 Å². The molecule has 1 aromatic rings. The van der Waals surface area contributed by atoms with E-state index in [4.69, 9.17) is 0 Å². The Balaban J connectivity index is 3.13. The van der Waals surface area contributed by atoms with Crippen molar-refractivity contribution in [2.24, 2.45) is 0 Å². The number of halogens is 3. The fourth-order valence-corrected chi connectivity index (χ4v) is 2.68. The predicted octanol–water partition coefficient (Wildman–Crippen LogP) is 1.40. The Morgan fingerprint density at radius 1 is 1.32 bits per heavy atom. The summed E-state index contributed by atoms with van der Waals surface area (Å²) in [6.07, 6.45) is -2.78. The lowest BCUT2D eigenvalue weighted by Gasteiger charge is -2.11. The summed E-state index contributed by atoms with van der Waals surface area (Å²) >= 11 is 0. The molecule has 0 bridgehead atoms. The second-order valence-electron chi connectivity index (χ2n) is 3.99. The maximum atomic E-state index is 13.7. The van der Waals surface area contributed by atoms with Crippen molar-refractivity contribution >= 4 is 10.0 Å². The molecule has 1 rings (SSSR count). The first kappa shape index (κ1) is 15.9. The first-order valence-electron chi connectivity index (χ1n) is 5.49. The van der Waals surface area contributed by atoms with Gasteiger partial charge in [-0.2, -0.15) is 0 Å². The number of rotatable bonds is 6. The first-order chi connectivity index (χ1) is 8.77. The highest BCUT2D eigenvalue weighted by molar-refractivity contribution is 7.89. The van der Waals surface area contributed by atoms with Gasteiger partial charge in [-0.25, -0.2) is 26.3 Å². The van der Waals surface area contributed by atoms with E-state index in [1.54, 1.807) is 11.8 Å². The number of sulfonamides is 1. The maximum absolute atomic E-state index is 13.7. The van der Waals surface area contributed by atoms with Gasteiger partial charge in [0.25, 0.3) is 6.43 Å². The summed E-state index contributed by atoms with van der Waals surface area (Å²) in [5.41, 5.74) is 0.310. The van der Waals surface area contributed by atoms with E-state index in [1.807, 2.05) is 0 Å². The van der Waals surface area contributed by atoms with Gasteiger partial charge in [0.1, 0.15) is 5.82 Å². The largest absolute Gasteiger partial charge is 0.316 e. The molecule has 19 heavy (non-hydrogen) atoms. The lowest BCUT2D eigenvalue weighted by Crippen LogP contribution is -2.29. The molecule has 4 nitrogen and oxygen atoms in total. The van der Waals surface area contributed by atoms with E-state index in [1.165, 1.54) is 6.92 Å². The highest BCUT2D eigenvalue weighted by Crippen LogP contribution is 2.19. The lowest BCUT2D eigenvalue weighted by atomic mass is 10.1. The monoisotopic (exact) mass is 296 g/mol. The van der Waals surface area contributed by atoms with Gasteiger partial charge in [0, 0.05) is 12.1 Å². The van der Waals surface area contributed by atoms with E-state index in [0.717, 1.165) is 12.1 Å². The lowest BCUT2D eigenvalue weighted by molar-refractivity contribution is 0.153. The van der Waals surface area contributed by atoms with Crippen LogP contribution in [0.5, 0.6) is 0 Å². The van der Waals surface area contributed by atoms with Crippen LogP contribution < -0.4 is 10.0 Å². The molecule has 0 atom stereocenters. The minimum Gasteiger partial charge on any atom is -0.316 e. The summed E-state index contributed by atoms with van der Waals surface area (Å²) in [7, 11) is -2.47. The van der Waals surface area contributed by atoms with Crippen LogP contribution in [-0.4, -0.2) is 28.4 Å². The van der Waals surface area contributed by atoms with Crippen LogP contribution in [0.4, 0.5) is 13.2 Å². The zero-order valence-electron chi connectivity index (χ0n) is 10.5. The smallest absolute Gasteiger partial charge is 0.251 e. The van der Waals surface area contributed by atoms with Crippen LogP contribution >= 0.6 is 0 Å². The normalized spacial score (nSPS) is 12.1. The predicted molar refractivity (Wildman–Crippen MR) is 65.1 cm³/mol. The van der Waals surface area contributed by atoms with Gasteiger partial charge in [-0.1, -0.05) is 0 Å². The quantitative estimate of drug-likeness (QED) is 0.834. The van der Waals surface area contributed by atoms with E-state index in [9.17, 15) is 21.6 Å². The van der Waals surface area contributed by atoms with Crippen molar-refractivity contribution in [1.82, 2.24) is 10.0 Å². The summed E-state index contributed by atoms with van der Waals surface area (Å²) in [5.74, 6) is -0.512. The number of hydrogen-bond donors (Lipinski definition) is 2. The Hall–Kier alpha value is -1.12. The third-order valence-corrected chi connectivity index (χ3v) is 3.81. The van der Waals surface area contributed by atoms with E-state index in [0.29, 0.717) is 0 Å². The highest BCUT2D eigenvalue weighted by atomic mass is 32.2. The number of alkyl halides is 2. The van der Waals surface area contributed by atoms with Crippen LogP contribution in [0.25, 0.3) is 0 Å². The molecule has 0 saturated carbocycles. The van der Waals surface area contributed by atoms with Crippen molar-refractivity contribution in [3.8, 4) is 0 Å². The van der Waals surface area contributed by atoms with Gasteiger partial charge in [-0.15, -0.1) is 0 Å². The molecular formula is C11H15F3N2O2S. The summed E-state index contributed by atoms with van der Waals surface area (Å²) < 4.78 is 63.1. The van der Waals surface area contributed by atoms with E-state index in [2.05, 4.69) is 5.32 Å². The standard InChI is InChI=1S/C11H15F3N2O2S/c1-7-3-9(4-8(5-15-2)11(7)14)19(17,18)16-6-10(12)13/h3-4,10,15-16H,5-6H2,1-2H3. The molecule has 0 aliphatic rings. The van der Waals surface area contributed by atoms with Gasteiger partial charge < -0.3 is 5.32 Å². The average molecular weight is 296 g/mol. The molecule has 0 fully saturated rings. The van der Waals surface area contributed by atoms with Crippen LogP contribution in [0.15, 0.2) is 17.0 Å². The van der Waals surface area contributed by atoms with E-state index >= 15 is 0 Å². The van der Waals surface area contributed by atoms with Crippen LogP contribution in [0, 0.1) is 12.7 Å². The maximum Gasteiger partial charge on any atom is 0.251 e. The summed E-state index contributed by atoms with van der Waals surface area (Å²) in [6.45, 7) is 0.589. The van der Waals surface area contributed by atoms with Crippen molar-refractivity contribution in [3.63, 3.8) is 0 Å². The molecule has 0 spiro atoms. The SMILES string of the molecule is CNCc1cc(S(=O)(=O)NCC(F)F)cc(C)c1F. The van der Waals surface area contributed by atoms with Crippen LogP contribution in [0.3, 0.4) is 0 Å². The number of benzene rings is 1. The van der Waals surface area contributed by atoms with Crippen molar-refractivity contribution in [2.75, 3.05) is 13.6 Å². The van der Waals surface area contributed by atoms with E-state index in [-0.39, 0.29) is 22.6 Å². The number of hydrogen-bond acceptors (Lipinski definition) is 3. The molecular weight excluding hydrogens is 281 g/mol. The summed E-state index contributed by atoms with van der Waals surface area (Å²) in [6, 6.07) is 2.24. The average Bonchev–Trinajstić information content (AvgIpc) is 2.32. The molecule has 0 radical (unpaired) electrons. The molecule has 108 valence electrons. The van der Waals surface area contributed by atoms with Crippen LogP contribution in [-0.2, 0) is 16.6 Å². The molecule has 0 unspecified atom stereocenters. The first-order valence-corrected chi connectivity index (χ1v) is 6.97. The van der Waals surface area contributed by atoms with Gasteiger partial charge in [0.2, 0.25) is 10.0 Å². The third kappa shape index (κ3) is 4.19. The topological polar surface area (TPSA) is 58.2 Å². The number of aryl methyl sites for hydroxylation is 1. The summed E-state index contributed by atoms with van der Waals surface area (Å²) in [5, 5.41) is 2.71. The Bertz CT molecular complexity index is 547. The summed E-state index contributed by atoms with van der Waals surface area (Å²) in [4.78, 5) is -0.225. The molecule has 0 aromatic heterocycles. The van der Waals surface area contributed by atoms with Gasteiger partial charge in [0.15, 0.2) is 0 Å². The van der Waals surface area contributed by atoms with Crippen LogP contribution in [0.2, 0.25) is 0 Å². The molecule has 0 heterocycles. The molecule has 0 saturated heterocycles. The van der Waals surface area contributed by atoms with Crippen molar-refractivity contribution < 1.29 is 21.6 Å². The molecule has 0 aliphatic heterocycles. The van der Waals surface area contributed by atoms with Gasteiger partial charge in [-0.3, -0.25) is 0 Å². The second kappa shape index (κ2) is 6.36. The minimum atomic E-state index is -4.06. The minimum absolute atomic E-state index is 0.144. The van der Waals surface area contributed by atoms with Crippen LogP contribution in [0.1, 0.15) is 11.1 Å². The van der Waals surface area contributed by atoms with Gasteiger partial charge in [-0.05, 0) is 31.7 Å². The fraction of sp³-hybridized carbons (Fsp3) is 0.455. The highest BCUT2D eigenvalue weighted by Gasteiger charge is 2.19. The van der Waals surface area contributed by atoms with Crippen molar-refractivity contribution in [1.29, 1.82) is 0 Å². The zero-order chi connectivity index (χ0) is 14.6. The Kier molecular flexibility index (Phi) is 5.33. The second-order valence-corrected chi connectivity index (χ2v) is 5.75. The molecule has 8 heteroatoms.